The second-order valence-corrected chi connectivity index (χ2v) is 5.33. The Kier molecular flexibility index (Phi) is 7.49. The maximum absolute atomic E-state index is 6.18. The number of hydrogen-bond acceptors (Lipinski definition) is 0. The molecule has 80 valence electrons. The summed E-state index contributed by atoms with van der Waals surface area (Å²) in [7, 11) is 0. The smallest absolute Gasteiger partial charge is 0.0804 e. The minimum Gasteiger partial charge on any atom is -0.116 e. The van der Waals surface area contributed by atoms with Crippen molar-refractivity contribution in [3.8, 4) is 0 Å². The van der Waals surface area contributed by atoms with E-state index in [-0.39, 0.29) is 5.38 Å². The maximum atomic E-state index is 6.18. The Morgan fingerprint density at radius 2 is 2.00 bits per heavy atom. The molecule has 0 aromatic rings. The predicted octanol–water partition coefficient (Wildman–Crippen LogP) is 5.35. The highest BCUT2D eigenvalue weighted by molar-refractivity contribution is 9.11. The van der Waals surface area contributed by atoms with Crippen LogP contribution in [0, 0.1) is 0 Å². The second kappa shape index (κ2) is 7.10. The lowest BCUT2D eigenvalue weighted by Crippen LogP contribution is -2.24. The average Bonchev–Trinajstić information content (AvgIpc) is 2.13. The molecule has 0 aromatic carbocycles. The van der Waals surface area contributed by atoms with Crippen molar-refractivity contribution in [1.82, 2.24) is 0 Å². The van der Waals surface area contributed by atoms with Gasteiger partial charge in [0.1, 0.15) is 0 Å². The molecule has 4 heteroatoms. The first-order chi connectivity index (χ1) is 6.44. The molecule has 0 aliphatic heterocycles. The van der Waals surface area contributed by atoms with Gasteiger partial charge < -0.3 is 0 Å². The molecule has 0 N–H and O–H groups in total. The molecular formula is C10H12Br2Cl2. The highest BCUT2D eigenvalue weighted by Crippen LogP contribution is 2.27. The summed E-state index contributed by atoms with van der Waals surface area (Å²) >= 11 is 18.7. The predicted molar refractivity (Wildman–Crippen MR) is 73.8 cm³/mol. The average molecular weight is 363 g/mol. The van der Waals surface area contributed by atoms with Crippen molar-refractivity contribution >= 4 is 55.1 Å². The Morgan fingerprint density at radius 1 is 1.43 bits per heavy atom. The summed E-state index contributed by atoms with van der Waals surface area (Å²) in [5.41, 5.74) is 1.09. The quantitative estimate of drug-likeness (QED) is 0.467. The molecule has 0 aromatic heterocycles. The minimum absolute atomic E-state index is 0.250. The Morgan fingerprint density at radius 3 is 2.43 bits per heavy atom. The number of allylic oxidation sites excluding steroid dienone is 4. The van der Waals surface area contributed by atoms with Gasteiger partial charge in [-0.05, 0) is 29.4 Å². The first-order valence-electron chi connectivity index (χ1n) is 4.00. The summed E-state index contributed by atoms with van der Waals surface area (Å²) in [6.07, 6.45) is 5.60. The first-order valence-corrected chi connectivity index (χ1v) is 6.64. The Hall–Kier alpha value is 0.760. The summed E-state index contributed by atoms with van der Waals surface area (Å²) in [5.74, 6) is 0. The minimum atomic E-state index is -0.575. The molecule has 0 heterocycles. The molecule has 0 rings (SSSR count). The zero-order valence-corrected chi connectivity index (χ0v) is 12.7. The fraction of sp³-hybridized carbons (Fsp3) is 0.400. The van der Waals surface area contributed by atoms with Gasteiger partial charge in [-0.2, -0.15) is 0 Å². The van der Waals surface area contributed by atoms with Gasteiger partial charge in [0, 0.05) is 0 Å². The molecule has 0 radical (unpaired) electrons. The van der Waals surface area contributed by atoms with Crippen LogP contribution in [0.4, 0.5) is 0 Å². The van der Waals surface area contributed by atoms with Gasteiger partial charge >= 0.3 is 0 Å². The SMILES string of the molecule is CC(=C/Br)/C=C/[C@H](Cl)[C@@](C)(Cl)/C=C\Br. The maximum Gasteiger partial charge on any atom is 0.0804 e. The van der Waals surface area contributed by atoms with Crippen LogP contribution in [0.25, 0.3) is 0 Å². The largest absolute Gasteiger partial charge is 0.116 e. The van der Waals surface area contributed by atoms with Gasteiger partial charge in [0.25, 0.3) is 0 Å². The van der Waals surface area contributed by atoms with Gasteiger partial charge in [0.15, 0.2) is 0 Å². The Balaban J connectivity index is 4.48. The third-order valence-electron chi connectivity index (χ3n) is 1.63. The van der Waals surface area contributed by atoms with Gasteiger partial charge in [-0.25, -0.2) is 0 Å². The number of halogens is 4. The van der Waals surface area contributed by atoms with Crippen molar-refractivity contribution < 1.29 is 0 Å². The fourth-order valence-electron chi connectivity index (χ4n) is 0.676. The highest BCUT2D eigenvalue weighted by atomic mass is 79.9. The summed E-state index contributed by atoms with van der Waals surface area (Å²) in [5, 5.41) is -0.250. The molecule has 0 saturated carbocycles. The molecule has 0 saturated heterocycles. The molecule has 0 fully saturated rings. The summed E-state index contributed by atoms with van der Waals surface area (Å²) in [6.45, 7) is 3.84. The monoisotopic (exact) mass is 360 g/mol. The molecule has 0 aliphatic carbocycles. The van der Waals surface area contributed by atoms with E-state index in [9.17, 15) is 0 Å². The molecule has 0 nitrogen and oxygen atoms in total. The van der Waals surface area contributed by atoms with Crippen molar-refractivity contribution in [3.05, 3.63) is 33.8 Å². The normalized spacial score (nSPS) is 20.3. The summed E-state index contributed by atoms with van der Waals surface area (Å²) in [6, 6.07) is 0. The lowest BCUT2D eigenvalue weighted by molar-refractivity contribution is 0.800. The van der Waals surface area contributed by atoms with Crippen molar-refractivity contribution in [2.24, 2.45) is 0 Å². The molecule has 0 bridgehead atoms. The van der Waals surface area contributed by atoms with Crippen LogP contribution in [0.5, 0.6) is 0 Å². The molecular weight excluding hydrogens is 351 g/mol. The van der Waals surface area contributed by atoms with Gasteiger partial charge in [0.05, 0.1) is 10.3 Å². The number of hydrogen-bond donors (Lipinski definition) is 0. The number of rotatable bonds is 4. The van der Waals surface area contributed by atoms with E-state index in [0.29, 0.717) is 0 Å². The Labute approximate surface area is 112 Å². The summed E-state index contributed by atoms with van der Waals surface area (Å²) < 4.78 is 0. The van der Waals surface area contributed by atoms with Crippen LogP contribution in [0.2, 0.25) is 0 Å². The van der Waals surface area contributed by atoms with E-state index < -0.39 is 4.87 Å². The molecule has 0 amide bonds. The Bertz CT molecular complexity index is 255. The second-order valence-electron chi connectivity index (χ2n) is 3.06. The molecule has 0 unspecified atom stereocenters. The van der Waals surface area contributed by atoms with E-state index in [1.54, 1.807) is 4.99 Å². The van der Waals surface area contributed by atoms with Crippen molar-refractivity contribution in [1.29, 1.82) is 0 Å². The number of alkyl halides is 2. The standard InChI is InChI=1S/C10H12Br2Cl2/c1-8(7-12)3-4-9(13)10(2,14)5-6-11/h3-7,9H,1-2H3/b4-3+,6-5-,8-7-/t9-,10-/m0/s1. The third-order valence-corrected chi connectivity index (χ3v) is 3.69. The topological polar surface area (TPSA) is 0 Å². The highest BCUT2D eigenvalue weighted by Gasteiger charge is 2.25. The third kappa shape index (κ3) is 5.59. The molecule has 14 heavy (non-hydrogen) atoms. The molecule has 2 atom stereocenters. The molecule has 0 aliphatic rings. The van der Waals surface area contributed by atoms with E-state index in [1.165, 1.54) is 0 Å². The lowest BCUT2D eigenvalue weighted by Gasteiger charge is -2.20. The van der Waals surface area contributed by atoms with Crippen molar-refractivity contribution in [2.75, 3.05) is 0 Å². The van der Waals surface area contributed by atoms with E-state index in [1.807, 2.05) is 37.1 Å². The van der Waals surface area contributed by atoms with E-state index in [4.69, 9.17) is 23.2 Å². The van der Waals surface area contributed by atoms with E-state index >= 15 is 0 Å². The van der Waals surface area contributed by atoms with Crippen LogP contribution in [0.1, 0.15) is 13.8 Å². The van der Waals surface area contributed by atoms with Crippen LogP contribution in [0.3, 0.4) is 0 Å². The van der Waals surface area contributed by atoms with Crippen LogP contribution < -0.4 is 0 Å². The van der Waals surface area contributed by atoms with Gasteiger partial charge in [0.2, 0.25) is 0 Å². The van der Waals surface area contributed by atoms with Crippen LogP contribution >= 0.6 is 55.1 Å². The van der Waals surface area contributed by atoms with Crippen LogP contribution in [-0.2, 0) is 0 Å². The van der Waals surface area contributed by atoms with E-state index in [0.717, 1.165) is 5.57 Å². The van der Waals surface area contributed by atoms with E-state index in [2.05, 4.69) is 31.9 Å². The van der Waals surface area contributed by atoms with Gasteiger partial charge in [-0.1, -0.05) is 50.1 Å². The van der Waals surface area contributed by atoms with Crippen LogP contribution in [-0.4, -0.2) is 10.3 Å². The molecule has 0 spiro atoms. The van der Waals surface area contributed by atoms with Gasteiger partial charge in [-0.15, -0.1) is 23.2 Å². The zero-order valence-electron chi connectivity index (χ0n) is 7.98. The van der Waals surface area contributed by atoms with Crippen molar-refractivity contribution in [3.63, 3.8) is 0 Å². The summed E-state index contributed by atoms with van der Waals surface area (Å²) in [4.78, 5) is 2.98. The van der Waals surface area contributed by atoms with Crippen LogP contribution in [0.15, 0.2) is 33.8 Å². The zero-order chi connectivity index (χ0) is 11.2. The van der Waals surface area contributed by atoms with Crippen molar-refractivity contribution in [2.45, 2.75) is 24.1 Å². The lowest BCUT2D eigenvalue weighted by atomic mass is 10.1. The van der Waals surface area contributed by atoms with Gasteiger partial charge in [-0.3, -0.25) is 0 Å². The first kappa shape index (κ1) is 14.8. The fourth-order valence-corrected chi connectivity index (χ4v) is 1.81.